The third-order valence-electron chi connectivity index (χ3n) is 5.17. The van der Waals surface area contributed by atoms with Crippen LogP contribution in [0.4, 0.5) is 0 Å². The summed E-state index contributed by atoms with van der Waals surface area (Å²) in [5.41, 5.74) is 9.20. The largest absolute Gasteiger partial charge is 0.376 e. The molecule has 0 amide bonds. The molecule has 2 aliphatic rings. The minimum Gasteiger partial charge on any atom is -0.376 e. The minimum absolute atomic E-state index is 0.347. The highest BCUT2D eigenvalue weighted by atomic mass is 32.2. The van der Waals surface area contributed by atoms with E-state index < -0.39 is 0 Å². The van der Waals surface area contributed by atoms with Crippen LogP contribution in [0.5, 0.6) is 0 Å². The average Bonchev–Trinajstić information content (AvgIpc) is 3.31. The van der Waals surface area contributed by atoms with Crippen molar-refractivity contribution in [3.05, 3.63) is 58.9 Å². The molecule has 2 aromatic rings. The topological polar surface area (TPSA) is 50.9 Å². The Balaban J connectivity index is 1.44. The lowest BCUT2D eigenvalue weighted by Gasteiger charge is -2.17. The van der Waals surface area contributed by atoms with Gasteiger partial charge in [0.15, 0.2) is 5.17 Å². The number of nitrogens with one attached hydrogen (secondary N) is 1. The second-order valence-electron chi connectivity index (χ2n) is 7.10. The van der Waals surface area contributed by atoms with Crippen molar-refractivity contribution < 1.29 is 4.74 Å². The van der Waals surface area contributed by atoms with Gasteiger partial charge < -0.3 is 9.30 Å². The summed E-state index contributed by atoms with van der Waals surface area (Å²) < 4.78 is 8.19. The number of hydrazone groups is 1. The molecular weight excluding hydrogens is 356 g/mol. The van der Waals surface area contributed by atoms with E-state index >= 15 is 0 Å². The first-order valence-electron chi connectivity index (χ1n) is 9.53. The molecule has 6 heteroatoms. The van der Waals surface area contributed by atoms with Crippen molar-refractivity contribution in [1.29, 1.82) is 0 Å². The first kappa shape index (κ1) is 18.3. The average molecular weight is 383 g/mol. The van der Waals surface area contributed by atoms with Gasteiger partial charge in [-0.1, -0.05) is 42.1 Å². The van der Waals surface area contributed by atoms with Gasteiger partial charge in [-0.05, 0) is 38.3 Å². The second kappa shape index (κ2) is 8.31. The lowest BCUT2D eigenvalue weighted by molar-refractivity contribution is 0.0962. The summed E-state index contributed by atoms with van der Waals surface area (Å²) in [6.07, 6.45) is 2.68. The third kappa shape index (κ3) is 4.28. The van der Waals surface area contributed by atoms with Crippen LogP contribution >= 0.6 is 11.8 Å². The van der Waals surface area contributed by atoms with Crippen molar-refractivity contribution in [3.63, 3.8) is 0 Å². The predicted octanol–water partition coefficient (Wildman–Crippen LogP) is 3.88. The predicted molar refractivity (Wildman–Crippen MR) is 113 cm³/mol. The second-order valence-corrected chi connectivity index (χ2v) is 8.06. The number of benzene rings is 1. The van der Waals surface area contributed by atoms with Gasteiger partial charge in [0.05, 0.1) is 18.4 Å². The molecule has 4 rings (SSSR count). The number of hydrogen-bond acceptors (Lipinski definition) is 4. The molecule has 1 aromatic carbocycles. The SMILES string of the molecule is Cc1cc(C2=NNC(=NCc3ccccc3)SC2)c(C)n1C[C@@H]1CCCO1. The molecule has 142 valence electrons. The number of thioether (sulfide) groups is 1. The van der Waals surface area contributed by atoms with Crippen LogP contribution < -0.4 is 5.43 Å². The normalized spacial score (nSPS) is 21.3. The highest BCUT2D eigenvalue weighted by molar-refractivity contribution is 8.14. The molecule has 1 atom stereocenters. The Morgan fingerprint density at radius 2 is 2.15 bits per heavy atom. The van der Waals surface area contributed by atoms with Gasteiger partial charge >= 0.3 is 0 Å². The maximum atomic E-state index is 5.82. The quantitative estimate of drug-likeness (QED) is 0.854. The van der Waals surface area contributed by atoms with E-state index in [-0.39, 0.29) is 0 Å². The van der Waals surface area contributed by atoms with Gasteiger partial charge in [0.2, 0.25) is 0 Å². The lowest BCUT2D eigenvalue weighted by Crippen LogP contribution is -2.26. The number of hydrogen-bond donors (Lipinski definition) is 1. The summed E-state index contributed by atoms with van der Waals surface area (Å²) in [6, 6.07) is 12.5. The Kier molecular flexibility index (Phi) is 5.64. The molecule has 1 fully saturated rings. The Morgan fingerprint density at radius 1 is 1.30 bits per heavy atom. The summed E-state index contributed by atoms with van der Waals surface area (Å²) in [7, 11) is 0. The van der Waals surface area contributed by atoms with Gasteiger partial charge in [-0.2, -0.15) is 5.10 Å². The molecular formula is C21H26N4OS. The van der Waals surface area contributed by atoms with Crippen LogP contribution in [0.3, 0.4) is 0 Å². The zero-order valence-electron chi connectivity index (χ0n) is 15.9. The van der Waals surface area contributed by atoms with Gasteiger partial charge in [-0.25, -0.2) is 0 Å². The highest BCUT2D eigenvalue weighted by Crippen LogP contribution is 2.23. The molecule has 0 saturated carbocycles. The van der Waals surface area contributed by atoms with E-state index in [4.69, 9.17) is 4.74 Å². The van der Waals surface area contributed by atoms with E-state index in [0.29, 0.717) is 12.6 Å². The summed E-state index contributed by atoms with van der Waals surface area (Å²) in [4.78, 5) is 4.63. The van der Waals surface area contributed by atoms with Crippen molar-refractivity contribution in [2.45, 2.75) is 45.9 Å². The molecule has 1 saturated heterocycles. The van der Waals surface area contributed by atoms with Gasteiger partial charge in [0, 0.05) is 35.9 Å². The number of ether oxygens (including phenoxy) is 1. The molecule has 0 spiro atoms. The van der Waals surface area contributed by atoms with Crippen molar-refractivity contribution in [1.82, 2.24) is 9.99 Å². The highest BCUT2D eigenvalue weighted by Gasteiger charge is 2.22. The van der Waals surface area contributed by atoms with Crippen LogP contribution in [0.1, 0.15) is 35.4 Å². The van der Waals surface area contributed by atoms with Crippen LogP contribution in [0.15, 0.2) is 46.5 Å². The van der Waals surface area contributed by atoms with Gasteiger partial charge in [0.25, 0.3) is 0 Å². The molecule has 0 radical (unpaired) electrons. The first-order valence-corrected chi connectivity index (χ1v) is 10.5. The van der Waals surface area contributed by atoms with Crippen LogP contribution in [0.25, 0.3) is 0 Å². The van der Waals surface area contributed by atoms with E-state index in [9.17, 15) is 0 Å². The van der Waals surface area contributed by atoms with E-state index in [0.717, 1.165) is 36.2 Å². The zero-order valence-corrected chi connectivity index (χ0v) is 16.8. The summed E-state index contributed by atoms with van der Waals surface area (Å²) in [6.45, 7) is 6.87. The smallest absolute Gasteiger partial charge is 0.177 e. The molecule has 3 heterocycles. The molecule has 1 aromatic heterocycles. The Bertz CT molecular complexity index is 851. The molecule has 5 nitrogen and oxygen atoms in total. The van der Waals surface area contributed by atoms with Gasteiger partial charge in [0.1, 0.15) is 0 Å². The van der Waals surface area contributed by atoms with Gasteiger partial charge in [-0.3, -0.25) is 10.4 Å². The Hall–Kier alpha value is -2.05. The fourth-order valence-corrected chi connectivity index (χ4v) is 4.41. The molecule has 0 unspecified atom stereocenters. The molecule has 0 bridgehead atoms. The molecule has 1 N–H and O–H groups in total. The number of amidine groups is 1. The monoisotopic (exact) mass is 382 g/mol. The number of aromatic nitrogens is 1. The van der Waals surface area contributed by atoms with Crippen LogP contribution in [-0.2, 0) is 17.8 Å². The zero-order chi connectivity index (χ0) is 18.6. The molecule has 0 aliphatic carbocycles. The van der Waals surface area contributed by atoms with Crippen molar-refractivity contribution in [2.24, 2.45) is 10.1 Å². The number of aliphatic imine (C=N–C) groups is 1. The first-order chi connectivity index (χ1) is 13.2. The lowest BCUT2D eigenvalue weighted by atomic mass is 10.1. The van der Waals surface area contributed by atoms with Gasteiger partial charge in [-0.15, -0.1) is 0 Å². The van der Waals surface area contributed by atoms with E-state index in [1.54, 1.807) is 11.8 Å². The van der Waals surface area contributed by atoms with E-state index in [1.807, 2.05) is 18.2 Å². The third-order valence-corrected chi connectivity index (χ3v) is 6.09. The summed E-state index contributed by atoms with van der Waals surface area (Å²) in [5, 5.41) is 5.50. The van der Waals surface area contributed by atoms with Crippen molar-refractivity contribution in [2.75, 3.05) is 12.4 Å². The fourth-order valence-electron chi connectivity index (χ4n) is 3.65. The van der Waals surface area contributed by atoms with E-state index in [1.165, 1.54) is 28.9 Å². The minimum atomic E-state index is 0.347. The Labute approximate surface area is 164 Å². The molecule has 2 aliphatic heterocycles. The van der Waals surface area contributed by atoms with E-state index in [2.05, 4.69) is 52.1 Å². The Morgan fingerprint density at radius 3 is 2.85 bits per heavy atom. The fraction of sp³-hybridized carbons (Fsp3) is 0.429. The maximum absolute atomic E-state index is 5.82. The standard InChI is InChI=1S/C21H26N4OS/c1-15-11-19(16(2)25(15)13-18-9-6-10-26-18)20-14-27-21(24-23-20)22-12-17-7-4-3-5-8-17/h3-5,7-8,11,18H,6,9-10,12-14H2,1-2H3,(H,22,24)/t18-/m0/s1. The van der Waals surface area contributed by atoms with Crippen LogP contribution in [0, 0.1) is 13.8 Å². The summed E-state index contributed by atoms with van der Waals surface area (Å²) >= 11 is 1.72. The molecule has 27 heavy (non-hydrogen) atoms. The van der Waals surface area contributed by atoms with Crippen molar-refractivity contribution >= 4 is 22.6 Å². The van der Waals surface area contributed by atoms with Crippen LogP contribution in [0.2, 0.25) is 0 Å². The maximum Gasteiger partial charge on any atom is 0.177 e. The number of aryl methyl sites for hydroxylation is 1. The van der Waals surface area contributed by atoms with Crippen molar-refractivity contribution in [3.8, 4) is 0 Å². The van der Waals surface area contributed by atoms with Crippen LogP contribution in [-0.4, -0.2) is 33.9 Å². The number of nitrogens with zero attached hydrogens (tertiary/aromatic N) is 3. The summed E-state index contributed by atoms with van der Waals surface area (Å²) in [5.74, 6) is 0.838. The number of rotatable bonds is 5.